The summed E-state index contributed by atoms with van der Waals surface area (Å²) in [4.78, 5) is 21.0. The van der Waals surface area contributed by atoms with E-state index in [0.717, 1.165) is 74.1 Å². The van der Waals surface area contributed by atoms with E-state index in [1.807, 2.05) is 0 Å². The van der Waals surface area contributed by atoms with Gasteiger partial charge in [-0.05, 0) is 220 Å². The van der Waals surface area contributed by atoms with Gasteiger partial charge < -0.3 is 9.97 Å². The fourth-order valence-electron chi connectivity index (χ4n) is 21.9. The summed E-state index contributed by atoms with van der Waals surface area (Å²) in [5, 5.41) is 5.43. The van der Waals surface area contributed by atoms with Gasteiger partial charge in [0.1, 0.15) is 0 Å². The molecule has 0 amide bonds. The Morgan fingerprint density at radius 3 is 0.391 bits per heavy atom. The van der Waals surface area contributed by atoms with Crippen molar-refractivity contribution >= 4 is 43.6 Å². The molecule has 2 aliphatic rings. The SMILES string of the molecule is CCCCCCCCCCCc1cc2c(cc1CCCCCCCCCCC)-c1cc3[nH]c(cc4nc(cc5[nH]c(cc-2n1)c1cc(CCCCCCCCCCC)c(CCCCCCCCCCC)cc51)-c1cc(CCCCCCCCCCC)c(CCCCCCCCCCC)cc1-4)c1cc(CCCCCCCCCCC)c(CCCCCCCCCCC)cc31. The van der Waals surface area contributed by atoms with Gasteiger partial charge in [-0.25, -0.2) is 9.97 Å². The summed E-state index contributed by atoms with van der Waals surface area (Å²) in [5.41, 5.74) is 27.3. The number of H-pyrrole nitrogens is 2. The van der Waals surface area contributed by atoms with Crippen LogP contribution >= 0.6 is 0 Å². The second-order valence-corrected chi connectivity index (χ2v) is 41.5. The van der Waals surface area contributed by atoms with E-state index in [9.17, 15) is 0 Å². The van der Waals surface area contributed by atoms with Gasteiger partial charge in [0.2, 0.25) is 0 Å². The molecular formula is C124H198N4. The number of hydrogen-bond acceptors (Lipinski definition) is 2. The summed E-state index contributed by atoms with van der Waals surface area (Å²) in [6, 6.07) is 31.9. The van der Waals surface area contributed by atoms with Crippen molar-refractivity contribution in [3.8, 4) is 45.0 Å². The normalized spacial score (nSPS) is 12.1. The van der Waals surface area contributed by atoms with Gasteiger partial charge in [0.15, 0.2) is 0 Å². The maximum absolute atomic E-state index is 6.14. The van der Waals surface area contributed by atoms with Crippen LogP contribution in [0.4, 0.5) is 0 Å². The van der Waals surface area contributed by atoms with Crippen LogP contribution in [0.15, 0.2) is 72.8 Å². The summed E-state index contributed by atoms with van der Waals surface area (Å²) in [6.07, 6.45) is 107. The van der Waals surface area contributed by atoms with Crippen LogP contribution in [-0.4, -0.2) is 19.9 Å². The number of hydrogen-bond donors (Lipinski definition) is 2. The van der Waals surface area contributed by atoms with E-state index in [1.54, 1.807) is 44.5 Å². The highest BCUT2D eigenvalue weighted by Gasteiger charge is 2.25. The third kappa shape index (κ3) is 38.8. The van der Waals surface area contributed by atoms with Crippen molar-refractivity contribution in [2.24, 2.45) is 0 Å². The number of nitrogens with one attached hydrogen (secondary N) is 2. The van der Waals surface area contributed by atoms with Gasteiger partial charge in [0.05, 0.1) is 22.8 Å². The average Bonchev–Trinajstić information content (AvgIpc) is 1.59. The topological polar surface area (TPSA) is 57.4 Å². The van der Waals surface area contributed by atoms with E-state index in [1.165, 1.54) is 528 Å². The van der Waals surface area contributed by atoms with Crippen molar-refractivity contribution < 1.29 is 0 Å². The minimum Gasteiger partial charge on any atom is -0.354 e. The summed E-state index contributed by atoms with van der Waals surface area (Å²) in [7, 11) is 0. The molecule has 0 saturated carbocycles. The minimum absolute atomic E-state index is 1.12. The van der Waals surface area contributed by atoms with Crippen molar-refractivity contribution in [1.29, 1.82) is 0 Å². The molecule has 5 heterocycles. The van der Waals surface area contributed by atoms with Crippen LogP contribution in [0, 0.1) is 0 Å². The van der Waals surface area contributed by atoms with Crippen molar-refractivity contribution in [3.63, 3.8) is 0 Å². The number of benzene rings is 4. The first-order valence-electron chi connectivity index (χ1n) is 57.3. The third-order valence-corrected chi connectivity index (χ3v) is 30.2. The first-order valence-corrected chi connectivity index (χ1v) is 57.3. The molecular weight excluding hydrogens is 1550 g/mol. The van der Waals surface area contributed by atoms with Crippen molar-refractivity contribution in [2.45, 2.75) is 569 Å². The molecule has 0 unspecified atom stereocenters. The predicted octanol–water partition coefficient (Wildman–Crippen LogP) is 41.9. The smallest absolute Gasteiger partial charge is 0.0737 e. The molecule has 0 radical (unpaired) electrons. The van der Waals surface area contributed by atoms with Gasteiger partial charge in [-0.1, -0.05) is 466 Å². The van der Waals surface area contributed by atoms with E-state index >= 15 is 0 Å². The molecule has 0 saturated heterocycles. The molecule has 714 valence electrons. The first-order chi connectivity index (χ1) is 63.3. The number of unbranched alkanes of at least 4 members (excludes halogenated alkanes) is 64. The Kier molecular flexibility index (Phi) is 55.4. The molecule has 0 aliphatic carbocycles. The lowest BCUT2D eigenvalue weighted by Crippen LogP contribution is -1.98. The van der Waals surface area contributed by atoms with Crippen LogP contribution in [0.5, 0.6) is 0 Å². The number of aromatic nitrogens is 4. The zero-order chi connectivity index (χ0) is 89.7. The fraction of sp³-hybridized carbons (Fsp3) is 0.710. The number of aryl methyl sites for hydroxylation is 8. The van der Waals surface area contributed by atoms with Gasteiger partial charge >= 0.3 is 0 Å². The maximum Gasteiger partial charge on any atom is 0.0737 e. The second-order valence-electron chi connectivity index (χ2n) is 41.5. The Balaban J connectivity index is 1.28. The lowest BCUT2D eigenvalue weighted by Gasteiger charge is -2.14. The van der Waals surface area contributed by atoms with Gasteiger partial charge in [-0.3, -0.25) is 0 Å². The zero-order valence-electron chi connectivity index (χ0n) is 85.4. The summed E-state index contributed by atoms with van der Waals surface area (Å²) < 4.78 is 0. The van der Waals surface area contributed by atoms with Crippen LogP contribution in [-0.2, 0) is 51.4 Å². The Bertz CT molecular complexity index is 3720. The number of rotatable bonds is 80. The van der Waals surface area contributed by atoms with Crippen molar-refractivity contribution in [2.75, 3.05) is 0 Å². The zero-order valence-corrected chi connectivity index (χ0v) is 85.4. The largest absolute Gasteiger partial charge is 0.354 e. The number of fused-ring (bicyclic) bond motifs is 20. The molecule has 0 atom stereocenters. The molecule has 2 N–H and O–H groups in total. The molecule has 9 rings (SSSR count). The molecule has 0 fully saturated rings. The summed E-state index contributed by atoms with van der Waals surface area (Å²) in [5.74, 6) is 0. The molecule has 4 heteroatoms. The second kappa shape index (κ2) is 66.8. The lowest BCUT2D eigenvalue weighted by atomic mass is 9.90. The Morgan fingerprint density at radius 2 is 0.258 bits per heavy atom. The number of nitrogens with zero attached hydrogens (tertiary/aromatic N) is 2. The van der Waals surface area contributed by atoms with E-state index in [0.29, 0.717) is 0 Å². The molecule has 3 aromatic heterocycles. The quantitative estimate of drug-likeness (QED) is 0.0373. The van der Waals surface area contributed by atoms with Gasteiger partial charge in [0, 0.05) is 65.9 Å². The molecule has 4 aromatic carbocycles. The number of aromatic amines is 2. The summed E-state index contributed by atoms with van der Waals surface area (Å²) in [6.45, 7) is 18.8. The monoisotopic (exact) mass is 1740 g/mol. The fourth-order valence-corrected chi connectivity index (χ4v) is 21.9. The average molecular weight is 1740 g/mol. The highest BCUT2D eigenvalue weighted by molar-refractivity contribution is 6.11. The maximum atomic E-state index is 6.14. The standard InChI is InChI=1S/C124H198N4/c1-9-17-25-33-41-49-57-65-73-81-101-89-109-110(90-102(101)82-74-66-58-50-42-34-26-18-10-2)118-98-120-113-93-105(85-77-69-61-53-45-37-29-21-13-5)106(86-78-70-62-54-46-38-30-22-14-6)94-114(113)122(127-120)100-124-116-96-108(88-80-72-64-56-48-40-32-24-16-8)107(87-79-71-63-55-47-39-31-23-15-7)95-115(116)123(128-124)99-121-112-92-104(84-76-68-60-52-44-36-28-20-12-4)103(83-75-67-59-51-43-35-27-19-11-3)91-111(112)119(126-121)97-117(109)125-118/h89-100,125,128H,9-88H2,1-8H3. The highest BCUT2D eigenvalue weighted by atomic mass is 14.8. The predicted molar refractivity (Wildman–Crippen MR) is 572 cm³/mol. The van der Waals surface area contributed by atoms with E-state index in [-0.39, 0.29) is 0 Å². The summed E-state index contributed by atoms with van der Waals surface area (Å²) >= 11 is 0. The molecule has 128 heavy (non-hydrogen) atoms. The van der Waals surface area contributed by atoms with E-state index in [2.05, 4.69) is 138 Å². The third-order valence-electron chi connectivity index (χ3n) is 30.2. The molecule has 7 aromatic rings. The van der Waals surface area contributed by atoms with Crippen LogP contribution in [0.2, 0.25) is 0 Å². The molecule has 4 nitrogen and oxygen atoms in total. The highest BCUT2D eigenvalue weighted by Crippen LogP contribution is 2.45. The van der Waals surface area contributed by atoms with E-state index in [4.69, 9.17) is 9.97 Å². The van der Waals surface area contributed by atoms with Gasteiger partial charge in [-0.15, -0.1) is 0 Å². The van der Waals surface area contributed by atoms with Crippen LogP contribution in [0.25, 0.3) is 88.6 Å². The first kappa shape index (κ1) is 106. The molecule has 0 spiro atoms. The van der Waals surface area contributed by atoms with Crippen molar-refractivity contribution in [3.05, 3.63) is 117 Å². The molecule has 8 bridgehead atoms. The molecule has 2 aliphatic heterocycles. The Morgan fingerprint density at radius 1 is 0.141 bits per heavy atom. The van der Waals surface area contributed by atoms with Crippen LogP contribution in [0.1, 0.15) is 562 Å². The van der Waals surface area contributed by atoms with Crippen molar-refractivity contribution in [1.82, 2.24) is 19.9 Å². The van der Waals surface area contributed by atoms with Crippen LogP contribution < -0.4 is 0 Å². The Hall–Kier alpha value is -5.48. The minimum atomic E-state index is 1.12. The van der Waals surface area contributed by atoms with Crippen LogP contribution in [0.3, 0.4) is 0 Å². The lowest BCUT2D eigenvalue weighted by molar-refractivity contribution is 0.561. The van der Waals surface area contributed by atoms with Gasteiger partial charge in [-0.2, -0.15) is 0 Å². The van der Waals surface area contributed by atoms with Gasteiger partial charge in [0.25, 0.3) is 0 Å². The van der Waals surface area contributed by atoms with E-state index < -0.39 is 0 Å². The Labute approximate surface area is 789 Å².